The van der Waals surface area contributed by atoms with Gasteiger partial charge in [0.2, 0.25) is 0 Å². The van der Waals surface area contributed by atoms with E-state index in [0.717, 1.165) is 18.7 Å². The third-order valence-electron chi connectivity index (χ3n) is 2.95. The van der Waals surface area contributed by atoms with Crippen LogP contribution in [-0.2, 0) is 0 Å². The smallest absolute Gasteiger partial charge is 0.120 e. The van der Waals surface area contributed by atoms with Crippen LogP contribution in [-0.4, -0.2) is 31.1 Å². The van der Waals surface area contributed by atoms with Crippen LogP contribution in [0.4, 0.5) is 0 Å². The Balaban J connectivity index is 2.85. The lowest BCUT2D eigenvalue weighted by Gasteiger charge is -2.27. The topological polar surface area (TPSA) is 38.5 Å². The molecule has 0 saturated carbocycles. The van der Waals surface area contributed by atoms with E-state index in [2.05, 4.69) is 31.0 Å². The van der Waals surface area contributed by atoms with E-state index < -0.39 is 0 Å². The van der Waals surface area contributed by atoms with E-state index in [1.807, 2.05) is 26.0 Å². The molecule has 0 spiro atoms. The van der Waals surface area contributed by atoms with Gasteiger partial charge >= 0.3 is 0 Å². The maximum atomic E-state index is 5.90. The summed E-state index contributed by atoms with van der Waals surface area (Å²) in [6.45, 7) is 7.94. The zero-order valence-electron chi connectivity index (χ0n) is 12.0. The Hall–Kier alpha value is -1.06. The first-order valence-electron chi connectivity index (χ1n) is 6.75. The van der Waals surface area contributed by atoms with Crippen LogP contribution < -0.4 is 10.5 Å². The third-order valence-corrected chi connectivity index (χ3v) is 2.95. The molecule has 3 nitrogen and oxygen atoms in total. The van der Waals surface area contributed by atoms with Crippen molar-refractivity contribution in [2.24, 2.45) is 5.73 Å². The second kappa shape index (κ2) is 7.39. The second-order valence-corrected chi connectivity index (χ2v) is 4.97. The van der Waals surface area contributed by atoms with Crippen LogP contribution in [0.1, 0.15) is 38.8 Å². The molecule has 0 bridgehead atoms. The van der Waals surface area contributed by atoms with Gasteiger partial charge in [-0.3, -0.25) is 4.90 Å². The van der Waals surface area contributed by atoms with Gasteiger partial charge in [0.05, 0.1) is 6.10 Å². The van der Waals surface area contributed by atoms with Crippen molar-refractivity contribution in [2.45, 2.75) is 39.3 Å². The Labute approximate surface area is 111 Å². The van der Waals surface area contributed by atoms with Gasteiger partial charge in [0.25, 0.3) is 0 Å². The van der Waals surface area contributed by atoms with E-state index in [4.69, 9.17) is 10.5 Å². The highest BCUT2D eigenvalue weighted by atomic mass is 16.5. The predicted octanol–water partition coefficient (Wildman–Crippen LogP) is 2.82. The van der Waals surface area contributed by atoms with Crippen LogP contribution in [0.15, 0.2) is 24.3 Å². The van der Waals surface area contributed by atoms with Gasteiger partial charge in [-0.05, 0) is 51.6 Å². The van der Waals surface area contributed by atoms with Crippen molar-refractivity contribution >= 4 is 0 Å². The lowest BCUT2D eigenvalue weighted by atomic mass is 10.1. The summed E-state index contributed by atoms with van der Waals surface area (Å²) in [5.74, 6) is 0.922. The number of rotatable bonds is 7. The largest absolute Gasteiger partial charge is 0.491 e. The number of nitrogens with two attached hydrogens (primary N) is 1. The Morgan fingerprint density at radius 1 is 1.33 bits per heavy atom. The molecule has 1 rings (SSSR count). The summed E-state index contributed by atoms with van der Waals surface area (Å²) in [7, 11) is 2.12. The van der Waals surface area contributed by atoms with Crippen molar-refractivity contribution in [1.29, 1.82) is 0 Å². The average molecular weight is 250 g/mol. The number of hydrogen-bond acceptors (Lipinski definition) is 3. The first-order chi connectivity index (χ1) is 8.58. The summed E-state index contributed by atoms with van der Waals surface area (Å²) in [5, 5.41) is 0. The van der Waals surface area contributed by atoms with E-state index >= 15 is 0 Å². The van der Waals surface area contributed by atoms with Crippen molar-refractivity contribution in [2.75, 3.05) is 20.1 Å². The first-order valence-corrected chi connectivity index (χ1v) is 6.75. The highest BCUT2D eigenvalue weighted by Gasteiger charge is 2.15. The second-order valence-electron chi connectivity index (χ2n) is 4.97. The van der Waals surface area contributed by atoms with Crippen molar-refractivity contribution in [3.63, 3.8) is 0 Å². The molecule has 0 heterocycles. The maximum absolute atomic E-state index is 5.90. The molecule has 0 aromatic heterocycles. The summed E-state index contributed by atoms with van der Waals surface area (Å²) >= 11 is 0. The zero-order valence-corrected chi connectivity index (χ0v) is 12.0. The minimum atomic E-state index is 0.199. The molecule has 0 saturated heterocycles. The van der Waals surface area contributed by atoms with Crippen molar-refractivity contribution in [1.82, 2.24) is 4.90 Å². The van der Waals surface area contributed by atoms with Gasteiger partial charge in [-0.25, -0.2) is 0 Å². The molecule has 0 aliphatic rings. The van der Waals surface area contributed by atoms with Crippen molar-refractivity contribution < 1.29 is 4.74 Å². The van der Waals surface area contributed by atoms with Crippen LogP contribution in [0.25, 0.3) is 0 Å². The van der Waals surface area contributed by atoms with E-state index in [1.165, 1.54) is 5.56 Å². The molecule has 1 unspecified atom stereocenters. The minimum absolute atomic E-state index is 0.199. The van der Waals surface area contributed by atoms with Gasteiger partial charge in [0, 0.05) is 12.6 Å². The van der Waals surface area contributed by atoms with Gasteiger partial charge < -0.3 is 10.5 Å². The van der Waals surface area contributed by atoms with Crippen LogP contribution in [0.5, 0.6) is 5.75 Å². The maximum Gasteiger partial charge on any atom is 0.120 e. The normalized spacial score (nSPS) is 13.1. The van der Waals surface area contributed by atoms with Crippen LogP contribution in [0.3, 0.4) is 0 Å². The van der Waals surface area contributed by atoms with Crippen molar-refractivity contribution in [3.05, 3.63) is 29.8 Å². The third kappa shape index (κ3) is 4.31. The molecule has 0 radical (unpaired) electrons. The molecule has 0 amide bonds. The lowest BCUT2D eigenvalue weighted by molar-refractivity contribution is 0.236. The van der Waals surface area contributed by atoms with Crippen LogP contribution in [0, 0.1) is 0 Å². The highest BCUT2D eigenvalue weighted by Crippen LogP contribution is 2.23. The molecule has 18 heavy (non-hydrogen) atoms. The molecule has 1 aromatic carbocycles. The molecular formula is C15H26N2O. The number of nitrogens with zero attached hydrogens (tertiary/aromatic N) is 1. The molecule has 0 fully saturated rings. The average Bonchev–Trinajstić information content (AvgIpc) is 2.30. The Morgan fingerprint density at radius 2 is 2.06 bits per heavy atom. The summed E-state index contributed by atoms with van der Waals surface area (Å²) in [4.78, 5) is 2.30. The summed E-state index contributed by atoms with van der Waals surface area (Å²) in [6, 6.07) is 8.52. The minimum Gasteiger partial charge on any atom is -0.491 e. The molecule has 0 aliphatic carbocycles. The number of likely N-dealkylation sites (N-methyl/N-ethyl adjacent to an activating group) is 1. The highest BCUT2D eigenvalue weighted by molar-refractivity contribution is 5.31. The molecule has 0 aliphatic heterocycles. The molecule has 3 heteroatoms. The Morgan fingerprint density at radius 3 is 2.61 bits per heavy atom. The Bertz CT molecular complexity index is 352. The van der Waals surface area contributed by atoms with Gasteiger partial charge in [0.1, 0.15) is 5.75 Å². The van der Waals surface area contributed by atoms with Crippen molar-refractivity contribution in [3.8, 4) is 5.75 Å². The fourth-order valence-corrected chi connectivity index (χ4v) is 2.15. The SMILES string of the molecule is CCCN(C)C(CN)c1cccc(OC(C)C)c1. The molecule has 1 aromatic rings. The quantitative estimate of drug-likeness (QED) is 0.808. The molecule has 2 N–H and O–H groups in total. The summed E-state index contributed by atoms with van der Waals surface area (Å²) in [5.41, 5.74) is 7.13. The first kappa shape index (κ1) is 15.0. The van der Waals surface area contributed by atoms with Crippen LogP contribution >= 0.6 is 0 Å². The van der Waals surface area contributed by atoms with Gasteiger partial charge in [0.15, 0.2) is 0 Å². The monoisotopic (exact) mass is 250 g/mol. The summed E-state index contributed by atoms with van der Waals surface area (Å²) < 4.78 is 5.73. The van der Waals surface area contributed by atoms with Gasteiger partial charge in [-0.1, -0.05) is 19.1 Å². The fraction of sp³-hybridized carbons (Fsp3) is 0.600. The molecule has 102 valence electrons. The zero-order chi connectivity index (χ0) is 13.5. The standard InChI is InChI=1S/C15H26N2O/c1-5-9-17(4)15(11-16)13-7-6-8-14(10-13)18-12(2)3/h6-8,10,12,15H,5,9,11,16H2,1-4H3. The summed E-state index contributed by atoms with van der Waals surface area (Å²) in [6.07, 6.45) is 1.33. The Kier molecular flexibility index (Phi) is 6.16. The van der Waals surface area contributed by atoms with Gasteiger partial charge in [-0.2, -0.15) is 0 Å². The number of hydrogen-bond donors (Lipinski definition) is 1. The molecule has 1 atom stereocenters. The van der Waals surface area contributed by atoms with E-state index in [9.17, 15) is 0 Å². The molecular weight excluding hydrogens is 224 g/mol. The van der Waals surface area contributed by atoms with Gasteiger partial charge in [-0.15, -0.1) is 0 Å². The van der Waals surface area contributed by atoms with E-state index in [-0.39, 0.29) is 12.1 Å². The van der Waals surface area contributed by atoms with E-state index in [0.29, 0.717) is 6.54 Å². The fourth-order valence-electron chi connectivity index (χ4n) is 2.15. The predicted molar refractivity (Wildman–Crippen MR) is 76.9 cm³/mol. The lowest BCUT2D eigenvalue weighted by Crippen LogP contribution is -2.31. The van der Waals surface area contributed by atoms with E-state index in [1.54, 1.807) is 0 Å². The van der Waals surface area contributed by atoms with Crippen LogP contribution in [0.2, 0.25) is 0 Å². The number of ether oxygens (including phenoxy) is 1. The number of benzene rings is 1.